The Balaban J connectivity index is 0.000000574. The number of nitro groups is 1. The Kier molecular flexibility index (Phi) is 13.2. The zero-order valence-corrected chi connectivity index (χ0v) is 22.0. The van der Waals surface area contributed by atoms with E-state index in [4.69, 9.17) is 30.3 Å². The van der Waals surface area contributed by atoms with Crippen LogP contribution in [-0.2, 0) is 20.8 Å². The summed E-state index contributed by atoms with van der Waals surface area (Å²) in [7, 11) is 0. The average Bonchev–Trinajstić information content (AvgIpc) is 2.91. The molecule has 12 nitrogen and oxygen atoms in total. The van der Waals surface area contributed by atoms with Crippen LogP contribution in [0.25, 0.3) is 0 Å². The minimum Gasteiger partial charge on any atom is -0.475 e. The Labute approximate surface area is 242 Å². The number of aliphatic carboxylic acids is 2. The van der Waals surface area contributed by atoms with E-state index in [9.17, 15) is 45.6 Å². The average molecular weight is 638 g/mol. The number of benzene rings is 2. The number of rotatable bonds is 7. The van der Waals surface area contributed by atoms with Crippen molar-refractivity contribution in [3.8, 4) is 11.6 Å². The number of ether oxygens (including phenoxy) is 1. The lowest BCUT2D eigenvalue weighted by Gasteiger charge is -2.13. The summed E-state index contributed by atoms with van der Waals surface area (Å²) in [4.78, 5) is 44.4. The molecule has 19 heteroatoms. The molecular formula is C25H21F7N4O8. The molecule has 5 N–H and O–H groups in total. The van der Waals surface area contributed by atoms with Crippen LogP contribution in [0.5, 0.6) is 11.6 Å². The number of pyridine rings is 1. The molecule has 1 heterocycles. The van der Waals surface area contributed by atoms with Crippen LogP contribution in [0, 0.1) is 22.9 Å². The molecule has 0 aliphatic heterocycles. The Bertz CT molecular complexity index is 1440. The van der Waals surface area contributed by atoms with E-state index >= 15 is 0 Å². The van der Waals surface area contributed by atoms with Crippen molar-refractivity contribution in [2.24, 2.45) is 5.73 Å². The summed E-state index contributed by atoms with van der Waals surface area (Å²) in [6.45, 7) is 1.63. The molecule has 0 radical (unpaired) electrons. The number of aryl methyl sites for hydroxylation is 1. The van der Waals surface area contributed by atoms with Gasteiger partial charge in [-0.25, -0.2) is 19.0 Å². The second kappa shape index (κ2) is 15.8. The number of halogens is 7. The second-order valence-corrected chi connectivity index (χ2v) is 8.20. The summed E-state index contributed by atoms with van der Waals surface area (Å²) in [5.41, 5.74) is 7.29. The largest absolute Gasteiger partial charge is 0.490 e. The highest BCUT2D eigenvalue weighted by Crippen LogP contribution is 2.28. The number of carbonyl (C=O) groups excluding carboxylic acids is 1. The van der Waals surface area contributed by atoms with Gasteiger partial charge in [0.2, 0.25) is 5.91 Å². The molecule has 3 rings (SSSR count). The van der Waals surface area contributed by atoms with Gasteiger partial charge in [0.15, 0.2) is 0 Å². The van der Waals surface area contributed by atoms with E-state index in [0.29, 0.717) is 17.0 Å². The molecule has 0 saturated heterocycles. The Morgan fingerprint density at radius 3 is 1.98 bits per heavy atom. The van der Waals surface area contributed by atoms with Crippen LogP contribution in [0.2, 0.25) is 0 Å². The molecule has 0 unspecified atom stereocenters. The molecule has 0 bridgehead atoms. The van der Waals surface area contributed by atoms with E-state index in [1.54, 1.807) is 43.3 Å². The second-order valence-electron chi connectivity index (χ2n) is 8.20. The lowest BCUT2D eigenvalue weighted by atomic mass is 10.1. The maximum atomic E-state index is 13.6. The maximum absolute atomic E-state index is 13.6. The van der Waals surface area contributed by atoms with Crippen LogP contribution in [0.3, 0.4) is 0 Å². The first kappa shape index (κ1) is 36.7. The topological polar surface area (TPSA) is 195 Å². The third-order valence-electron chi connectivity index (χ3n) is 4.80. The molecule has 2 aromatic carbocycles. The Hall–Kier alpha value is -5.33. The van der Waals surface area contributed by atoms with E-state index in [2.05, 4.69) is 10.3 Å². The summed E-state index contributed by atoms with van der Waals surface area (Å²) in [5.74, 6) is -6.13. The quantitative estimate of drug-likeness (QED) is 0.155. The molecule has 44 heavy (non-hydrogen) atoms. The summed E-state index contributed by atoms with van der Waals surface area (Å²) in [6, 6.07) is 12.9. The number of hydrogen-bond donors (Lipinski definition) is 4. The van der Waals surface area contributed by atoms with Gasteiger partial charge in [0.1, 0.15) is 11.6 Å². The number of anilines is 1. The summed E-state index contributed by atoms with van der Waals surface area (Å²) in [6.07, 6.45) is -8.53. The van der Waals surface area contributed by atoms with E-state index in [0.717, 1.165) is 5.56 Å². The highest BCUT2D eigenvalue weighted by molar-refractivity contribution is 5.94. The van der Waals surface area contributed by atoms with Crippen LogP contribution < -0.4 is 15.8 Å². The van der Waals surface area contributed by atoms with Gasteiger partial charge in [-0.05, 0) is 54.8 Å². The van der Waals surface area contributed by atoms with Gasteiger partial charge in [-0.15, -0.1) is 0 Å². The summed E-state index contributed by atoms with van der Waals surface area (Å²) < 4.78 is 82.6. The molecule has 0 saturated carbocycles. The van der Waals surface area contributed by atoms with Crippen molar-refractivity contribution in [3.63, 3.8) is 0 Å². The van der Waals surface area contributed by atoms with Gasteiger partial charge < -0.3 is 26.0 Å². The van der Waals surface area contributed by atoms with Crippen molar-refractivity contribution in [3.05, 3.63) is 87.9 Å². The molecule has 238 valence electrons. The highest BCUT2D eigenvalue weighted by Gasteiger charge is 2.38. The number of carboxylic acids is 2. The highest BCUT2D eigenvalue weighted by atomic mass is 19.4. The zero-order chi connectivity index (χ0) is 33.8. The van der Waals surface area contributed by atoms with Crippen molar-refractivity contribution in [2.45, 2.75) is 31.7 Å². The van der Waals surface area contributed by atoms with E-state index in [-0.39, 0.29) is 18.0 Å². The molecule has 0 fully saturated rings. The molecule has 3 aromatic rings. The first-order chi connectivity index (χ1) is 20.2. The molecule has 1 atom stereocenters. The third-order valence-corrected chi connectivity index (χ3v) is 4.80. The number of alkyl halides is 6. The van der Waals surface area contributed by atoms with Crippen molar-refractivity contribution >= 4 is 29.2 Å². The van der Waals surface area contributed by atoms with Gasteiger partial charge in [-0.2, -0.15) is 26.3 Å². The minimum absolute atomic E-state index is 0.114. The maximum Gasteiger partial charge on any atom is 0.490 e. The number of nitrogens with one attached hydrogen (secondary N) is 1. The van der Waals surface area contributed by atoms with Crippen molar-refractivity contribution < 1.29 is 65.0 Å². The van der Waals surface area contributed by atoms with Crippen LogP contribution in [0.1, 0.15) is 11.1 Å². The van der Waals surface area contributed by atoms with Crippen LogP contribution in [0.4, 0.5) is 42.1 Å². The van der Waals surface area contributed by atoms with Gasteiger partial charge in [0, 0.05) is 18.0 Å². The zero-order valence-electron chi connectivity index (χ0n) is 22.0. The van der Waals surface area contributed by atoms with Gasteiger partial charge in [0.05, 0.1) is 11.0 Å². The minimum atomic E-state index is -5.08. The number of hydrogen-bond acceptors (Lipinski definition) is 8. The standard InChI is InChI=1S/C21H19FN4O4.2C2HF3O2/c1-13-4-7-15(12-17(13)22)25-20(27)18(23)11-14-5-8-16(9-6-14)30-21-19(26(28)29)3-2-10-24-21;2*3-2(4,5)1(6)7/h2-10,12,18H,11,23H2,1H3,(H,25,27);2*(H,6,7)/t18-;;/m0../s1. The van der Waals surface area contributed by atoms with Crippen molar-refractivity contribution in [2.75, 3.05) is 5.32 Å². The van der Waals surface area contributed by atoms with Gasteiger partial charge in [-0.1, -0.05) is 18.2 Å². The van der Waals surface area contributed by atoms with Crippen molar-refractivity contribution in [1.29, 1.82) is 0 Å². The van der Waals surface area contributed by atoms with Crippen LogP contribution >= 0.6 is 0 Å². The van der Waals surface area contributed by atoms with E-state index in [1.165, 1.54) is 24.4 Å². The summed E-state index contributed by atoms with van der Waals surface area (Å²) in [5, 5.41) is 27.9. The monoisotopic (exact) mass is 638 g/mol. The number of nitrogens with two attached hydrogens (primary N) is 1. The Morgan fingerprint density at radius 1 is 1.00 bits per heavy atom. The number of amides is 1. The normalized spacial score (nSPS) is 11.5. The van der Waals surface area contributed by atoms with Gasteiger partial charge in [-0.3, -0.25) is 14.9 Å². The fourth-order valence-electron chi connectivity index (χ4n) is 2.66. The van der Waals surface area contributed by atoms with Crippen LogP contribution in [0.15, 0.2) is 60.8 Å². The van der Waals surface area contributed by atoms with Crippen LogP contribution in [-0.4, -0.2) is 56.4 Å². The molecule has 1 amide bonds. The Morgan fingerprint density at radius 2 is 1.52 bits per heavy atom. The summed E-state index contributed by atoms with van der Waals surface area (Å²) >= 11 is 0. The van der Waals surface area contributed by atoms with Gasteiger partial charge in [0.25, 0.3) is 5.88 Å². The first-order valence-corrected chi connectivity index (χ1v) is 11.5. The smallest absolute Gasteiger partial charge is 0.475 e. The van der Waals surface area contributed by atoms with Gasteiger partial charge >= 0.3 is 30.0 Å². The van der Waals surface area contributed by atoms with Crippen molar-refractivity contribution in [1.82, 2.24) is 4.98 Å². The molecule has 0 aliphatic carbocycles. The van der Waals surface area contributed by atoms with E-state index in [1.807, 2.05) is 0 Å². The fraction of sp³-hybridized carbons (Fsp3) is 0.200. The number of carbonyl (C=O) groups is 3. The number of carboxylic acid groups (broad SMARTS) is 2. The lowest BCUT2D eigenvalue weighted by molar-refractivity contribution is -0.386. The number of nitrogens with zero attached hydrogens (tertiary/aromatic N) is 2. The lowest BCUT2D eigenvalue weighted by Crippen LogP contribution is -2.37. The predicted octanol–water partition coefficient (Wildman–Crippen LogP) is 5.00. The molecule has 1 aromatic heterocycles. The molecule has 0 spiro atoms. The number of aromatic nitrogens is 1. The fourth-order valence-corrected chi connectivity index (χ4v) is 2.66. The molecular weight excluding hydrogens is 617 g/mol. The predicted molar refractivity (Wildman–Crippen MR) is 136 cm³/mol. The SMILES string of the molecule is Cc1ccc(NC(=O)[C@@H](N)Cc2ccc(Oc3ncccc3[N+](=O)[O-])cc2)cc1F.O=C(O)C(F)(F)F.O=C(O)C(F)(F)F. The first-order valence-electron chi connectivity index (χ1n) is 11.5. The third kappa shape index (κ3) is 12.7. The molecule has 0 aliphatic rings. The van der Waals surface area contributed by atoms with E-state index < -0.39 is 47.0 Å².